The number of methoxy groups -OCH3 is 1. The molecule has 3 aromatic carbocycles. The van der Waals surface area contributed by atoms with E-state index < -0.39 is 0 Å². The van der Waals surface area contributed by atoms with Crippen molar-refractivity contribution in [2.24, 2.45) is 0 Å². The van der Waals surface area contributed by atoms with Gasteiger partial charge < -0.3 is 15.4 Å². The van der Waals surface area contributed by atoms with Crippen LogP contribution in [0.4, 0.5) is 10.5 Å². The van der Waals surface area contributed by atoms with Crippen molar-refractivity contribution in [1.29, 1.82) is 0 Å². The molecule has 3 rings (SSSR count). The Morgan fingerprint density at radius 2 is 1.74 bits per heavy atom. The zero-order chi connectivity index (χ0) is 18.9. The van der Waals surface area contributed by atoms with Crippen LogP contribution < -0.4 is 15.4 Å². The largest absolute Gasteiger partial charge is 0.497 e. The first kappa shape index (κ1) is 18.9. The van der Waals surface area contributed by atoms with Gasteiger partial charge in [-0.1, -0.05) is 54.2 Å². The van der Waals surface area contributed by atoms with Crippen LogP contribution in [0.1, 0.15) is 5.56 Å². The third-order valence-corrected chi connectivity index (χ3v) is 5.02. The van der Waals surface area contributed by atoms with Gasteiger partial charge in [0.15, 0.2) is 0 Å². The van der Waals surface area contributed by atoms with E-state index >= 15 is 0 Å². The number of anilines is 1. The Morgan fingerprint density at radius 1 is 0.963 bits per heavy atom. The van der Waals surface area contributed by atoms with Gasteiger partial charge in [-0.15, -0.1) is 0 Å². The van der Waals surface area contributed by atoms with Gasteiger partial charge in [0.1, 0.15) is 5.75 Å². The van der Waals surface area contributed by atoms with Crippen LogP contribution in [0.5, 0.6) is 5.75 Å². The van der Waals surface area contributed by atoms with Gasteiger partial charge in [0.25, 0.3) is 0 Å². The van der Waals surface area contributed by atoms with Crippen molar-refractivity contribution in [1.82, 2.24) is 5.32 Å². The maximum atomic E-state index is 12.3. The first-order valence-corrected chi connectivity index (χ1v) is 9.56. The minimum absolute atomic E-state index is 0.209. The summed E-state index contributed by atoms with van der Waals surface area (Å²) < 4.78 is 5.22. The van der Waals surface area contributed by atoms with Crippen molar-refractivity contribution in [3.05, 3.63) is 84.4 Å². The highest BCUT2D eigenvalue weighted by Crippen LogP contribution is 2.33. The summed E-state index contributed by atoms with van der Waals surface area (Å²) in [7, 11) is 1.65. The summed E-state index contributed by atoms with van der Waals surface area (Å²) in [4.78, 5) is 14.4. The Morgan fingerprint density at radius 3 is 2.56 bits per heavy atom. The Kier molecular flexibility index (Phi) is 6.77. The van der Waals surface area contributed by atoms with Crippen LogP contribution in [-0.4, -0.2) is 19.7 Å². The molecular formula is C22H22N2O2S. The highest BCUT2D eigenvalue weighted by atomic mass is 32.2. The Bertz CT molecular complexity index is 884. The third-order valence-electron chi connectivity index (χ3n) is 3.94. The second-order valence-electron chi connectivity index (χ2n) is 5.89. The van der Waals surface area contributed by atoms with Crippen LogP contribution in [0.2, 0.25) is 0 Å². The quantitative estimate of drug-likeness (QED) is 0.593. The molecule has 0 radical (unpaired) electrons. The predicted molar refractivity (Wildman–Crippen MR) is 111 cm³/mol. The lowest BCUT2D eigenvalue weighted by atomic mass is 10.1. The van der Waals surface area contributed by atoms with Gasteiger partial charge in [-0.2, -0.15) is 0 Å². The summed E-state index contributed by atoms with van der Waals surface area (Å²) in [5, 5.41) is 5.85. The van der Waals surface area contributed by atoms with Crippen molar-refractivity contribution in [2.45, 2.75) is 16.2 Å². The summed E-state index contributed by atoms with van der Waals surface area (Å²) >= 11 is 1.62. The maximum absolute atomic E-state index is 12.3. The summed E-state index contributed by atoms with van der Waals surface area (Å²) in [5.41, 5.74) is 1.92. The third kappa shape index (κ3) is 5.79. The van der Waals surface area contributed by atoms with Crippen LogP contribution in [0.25, 0.3) is 0 Å². The van der Waals surface area contributed by atoms with Crippen molar-refractivity contribution < 1.29 is 9.53 Å². The molecule has 0 aromatic heterocycles. The van der Waals surface area contributed by atoms with Crippen LogP contribution >= 0.6 is 11.8 Å². The smallest absolute Gasteiger partial charge is 0.319 e. The summed E-state index contributed by atoms with van der Waals surface area (Å²) in [6.45, 7) is 0.549. The Balaban J connectivity index is 1.55. The van der Waals surface area contributed by atoms with E-state index in [1.165, 1.54) is 0 Å². The second-order valence-corrected chi connectivity index (χ2v) is 7.01. The van der Waals surface area contributed by atoms with Crippen LogP contribution in [-0.2, 0) is 6.42 Å². The highest BCUT2D eigenvalue weighted by Gasteiger charge is 2.07. The second kappa shape index (κ2) is 9.69. The molecule has 0 aliphatic carbocycles. The monoisotopic (exact) mass is 378 g/mol. The molecular weight excluding hydrogens is 356 g/mol. The van der Waals surface area contributed by atoms with Crippen molar-refractivity contribution in [3.63, 3.8) is 0 Å². The average molecular weight is 378 g/mol. The van der Waals surface area contributed by atoms with E-state index in [0.29, 0.717) is 6.54 Å². The molecule has 138 valence electrons. The molecule has 0 fully saturated rings. The number of para-hydroxylation sites is 1. The molecule has 0 aliphatic heterocycles. The van der Waals surface area contributed by atoms with Crippen LogP contribution in [0.15, 0.2) is 88.7 Å². The summed E-state index contributed by atoms with van der Waals surface area (Å²) in [6.07, 6.45) is 0.741. The SMILES string of the molecule is COc1cccc(CCNC(=O)Nc2ccccc2Sc2ccccc2)c1. The minimum atomic E-state index is -0.209. The number of ether oxygens (including phenoxy) is 1. The number of carbonyl (C=O) groups is 1. The molecule has 0 spiro atoms. The van der Waals surface area contributed by atoms with E-state index in [0.717, 1.165) is 33.2 Å². The minimum Gasteiger partial charge on any atom is -0.497 e. The van der Waals surface area contributed by atoms with E-state index in [-0.39, 0.29) is 6.03 Å². The molecule has 4 nitrogen and oxygen atoms in total. The number of hydrogen-bond acceptors (Lipinski definition) is 3. The van der Waals surface area contributed by atoms with Gasteiger partial charge in [0, 0.05) is 16.3 Å². The van der Waals surface area contributed by atoms with Crippen molar-refractivity contribution in [2.75, 3.05) is 19.0 Å². The number of amides is 2. The van der Waals surface area contributed by atoms with E-state index in [4.69, 9.17) is 4.74 Å². The number of carbonyl (C=O) groups excluding carboxylic acids is 1. The zero-order valence-corrected chi connectivity index (χ0v) is 16.0. The van der Waals surface area contributed by atoms with Crippen LogP contribution in [0, 0.1) is 0 Å². The van der Waals surface area contributed by atoms with Gasteiger partial charge >= 0.3 is 6.03 Å². The number of nitrogens with one attached hydrogen (secondary N) is 2. The number of hydrogen-bond donors (Lipinski definition) is 2. The Labute approximate surface area is 164 Å². The van der Waals surface area contributed by atoms with Crippen molar-refractivity contribution in [3.8, 4) is 5.75 Å². The fraction of sp³-hybridized carbons (Fsp3) is 0.136. The first-order valence-electron chi connectivity index (χ1n) is 8.74. The van der Waals surface area contributed by atoms with E-state index in [1.807, 2.05) is 66.7 Å². The van der Waals surface area contributed by atoms with E-state index in [1.54, 1.807) is 18.9 Å². The topological polar surface area (TPSA) is 50.4 Å². The van der Waals surface area contributed by atoms with Gasteiger partial charge in [0.05, 0.1) is 12.8 Å². The molecule has 0 atom stereocenters. The van der Waals surface area contributed by atoms with Gasteiger partial charge in [-0.05, 0) is 48.4 Å². The average Bonchev–Trinajstić information content (AvgIpc) is 2.70. The molecule has 0 heterocycles. The van der Waals surface area contributed by atoms with Gasteiger partial charge in [0.2, 0.25) is 0 Å². The maximum Gasteiger partial charge on any atom is 0.319 e. The molecule has 0 bridgehead atoms. The summed E-state index contributed by atoms with van der Waals surface area (Å²) in [6, 6.07) is 25.5. The number of urea groups is 1. The molecule has 0 unspecified atom stereocenters. The molecule has 27 heavy (non-hydrogen) atoms. The lowest BCUT2D eigenvalue weighted by Crippen LogP contribution is -2.30. The molecule has 0 aliphatic rings. The number of benzene rings is 3. The van der Waals surface area contributed by atoms with Gasteiger partial charge in [-0.25, -0.2) is 4.79 Å². The highest BCUT2D eigenvalue weighted by molar-refractivity contribution is 7.99. The predicted octanol–water partition coefficient (Wildman–Crippen LogP) is 5.21. The lowest BCUT2D eigenvalue weighted by Gasteiger charge is -2.12. The Hall–Kier alpha value is -2.92. The molecule has 0 saturated heterocycles. The normalized spacial score (nSPS) is 10.3. The lowest BCUT2D eigenvalue weighted by molar-refractivity contribution is 0.252. The zero-order valence-electron chi connectivity index (χ0n) is 15.1. The molecule has 3 aromatic rings. The fourth-order valence-corrected chi connectivity index (χ4v) is 3.51. The van der Waals surface area contributed by atoms with Crippen LogP contribution in [0.3, 0.4) is 0 Å². The summed E-state index contributed by atoms with van der Waals surface area (Å²) in [5.74, 6) is 0.823. The standard InChI is InChI=1S/C22H22N2O2S/c1-26-18-9-7-8-17(16-18)14-15-23-22(25)24-20-12-5-6-13-21(20)27-19-10-3-2-4-11-19/h2-13,16H,14-15H2,1H3,(H2,23,24,25). The fourth-order valence-electron chi connectivity index (χ4n) is 2.59. The van der Waals surface area contributed by atoms with Crippen molar-refractivity contribution >= 4 is 23.5 Å². The molecule has 0 saturated carbocycles. The number of rotatable bonds is 7. The molecule has 2 N–H and O–H groups in total. The molecule has 5 heteroatoms. The van der Waals surface area contributed by atoms with Gasteiger partial charge in [-0.3, -0.25) is 0 Å². The van der Waals surface area contributed by atoms with E-state index in [2.05, 4.69) is 22.8 Å². The van der Waals surface area contributed by atoms with E-state index in [9.17, 15) is 4.79 Å². The first-order chi connectivity index (χ1) is 13.2. The molecule has 2 amide bonds.